The minimum absolute atomic E-state index is 0.0569. The summed E-state index contributed by atoms with van der Waals surface area (Å²) < 4.78 is 0. The van der Waals surface area contributed by atoms with Gasteiger partial charge in [0.2, 0.25) is 5.91 Å². The Morgan fingerprint density at radius 3 is 1.93 bits per heavy atom. The molecule has 1 aliphatic rings. The number of carboxylic acid groups (broad SMARTS) is 1. The SMILES string of the molecule is O=C(CC1c2ccccc2-c2ccccc21)N[C@@H](Cc1ccccc1)C(=O)O. The topological polar surface area (TPSA) is 66.4 Å². The van der Waals surface area contributed by atoms with Crippen molar-refractivity contribution in [2.45, 2.75) is 24.8 Å². The quantitative estimate of drug-likeness (QED) is 0.688. The van der Waals surface area contributed by atoms with Crippen LogP contribution in [0.4, 0.5) is 0 Å². The fourth-order valence-electron chi connectivity index (χ4n) is 3.97. The predicted molar refractivity (Wildman–Crippen MR) is 108 cm³/mol. The first-order valence-electron chi connectivity index (χ1n) is 9.38. The normalized spacial score (nSPS) is 13.4. The van der Waals surface area contributed by atoms with E-state index >= 15 is 0 Å². The van der Waals surface area contributed by atoms with E-state index in [1.54, 1.807) is 0 Å². The molecule has 1 aliphatic carbocycles. The Hall–Kier alpha value is -3.40. The standard InChI is InChI=1S/C24H21NO3/c26-23(25-22(24(27)28)14-16-8-2-1-3-9-16)15-21-19-12-6-4-10-17(19)18-11-5-7-13-20(18)21/h1-13,21-22H,14-15H2,(H,25,26)(H,27,28)/t22-/m0/s1. The number of nitrogens with one attached hydrogen (secondary N) is 1. The van der Waals surface area contributed by atoms with E-state index < -0.39 is 12.0 Å². The van der Waals surface area contributed by atoms with Crippen LogP contribution in [0.2, 0.25) is 0 Å². The van der Waals surface area contributed by atoms with Crippen molar-refractivity contribution < 1.29 is 14.7 Å². The molecule has 0 aromatic heterocycles. The number of hydrogen-bond donors (Lipinski definition) is 2. The van der Waals surface area contributed by atoms with Gasteiger partial charge in [-0.25, -0.2) is 4.79 Å². The number of amides is 1. The fourth-order valence-corrected chi connectivity index (χ4v) is 3.97. The average molecular weight is 371 g/mol. The lowest BCUT2D eigenvalue weighted by molar-refractivity contribution is -0.141. The van der Waals surface area contributed by atoms with Gasteiger partial charge in [-0.1, -0.05) is 78.9 Å². The van der Waals surface area contributed by atoms with E-state index in [0.717, 1.165) is 27.8 Å². The zero-order valence-electron chi connectivity index (χ0n) is 15.3. The summed E-state index contributed by atoms with van der Waals surface area (Å²) in [5.74, 6) is -1.33. The van der Waals surface area contributed by atoms with Gasteiger partial charge in [-0.15, -0.1) is 0 Å². The predicted octanol–water partition coefficient (Wildman–Crippen LogP) is 4.00. The lowest BCUT2D eigenvalue weighted by Crippen LogP contribution is -2.42. The molecule has 3 aromatic carbocycles. The number of hydrogen-bond acceptors (Lipinski definition) is 2. The first-order chi connectivity index (χ1) is 13.6. The van der Waals surface area contributed by atoms with E-state index in [2.05, 4.69) is 17.4 Å². The number of carboxylic acids is 1. The molecule has 2 N–H and O–H groups in total. The van der Waals surface area contributed by atoms with Crippen LogP contribution in [-0.4, -0.2) is 23.0 Å². The van der Waals surface area contributed by atoms with E-state index in [1.165, 1.54) is 0 Å². The molecule has 28 heavy (non-hydrogen) atoms. The van der Waals surface area contributed by atoms with Gasteiger partial charge < -0.3 is 10.4 Å². The molecule has 4 rings (SSSR count). The van der Waals surface area contributed by atoms with Crippen LogP contribution in [0.5, 0.6) is 0 Å². The second kappa shape index (κ2) is 7.69. The van der Waals surface area contributed by atoms with Crippen LogP contribution in [-0.2, 0) is 16.0 Å². The van der Waals surface area contributed by atoms with Gasteiger partial charge in [0, 0.05) is 18.8 Å². The Morgan fingerprint density at radius 2 is 1.36 bits per heavy atom. The number of carbonyl (C=O) groups is 2. The van der Waals surface area contributed by atoms with Crippen molar-refractivity contribution in [2.75, 3.05) is 0 Å². The Morgan fingerprint density at radius 1 is 0.821 bits per heavy atom. The molecule has 1 amide bonds. The highest BCUT2D eigenvalue weighted by Crippen LogP contribution is 2.45. The van der Waals surface area contributed by atoms with Crippen molar-refractivity contribution in [3.05, 3.63) is 95.6 Å². The third-order valence-corrected chi connectivity index (χ3v) is 5.27. The van der Waals surface area contributed by atoms with Crippen molar-refractivity contribution in [3.63, 3.8) is 0 Å². The first-order valence-corrected chi connectivity index (χ1v) is 9.38. The van der Waals surface area contributed by atoms with Crippen molar-refractivity contribution in [3.8, 4) is 11.1 Å². The maximum absolute atomic E-state index is 12.7. The molecule has 0 aliphatic heterocycles. The van der Waals surface area contributed by atoms with Crippen LogP contribution in [0.3, 0.4) is 0 Å². The summed E-state index contributed by atoms with van der Waals surface area (Å²) in [5, 5.41) is 12.3. The number of fused-ring (bicyclic) bond motifs is 3. The number of rotatable bonds is 6. The maximum Gasteiger partial charge on any atom is 0.326 e. The monoisotopic (exact) mass is 371 g/mol. The van der Waals surface area contributed by atoms with Crippen LogP contribution in [0.25, 0.3) is 11.1 Å². The van der Waals surface area contributed by atoms with Gasteiger partial charge in [-0.3, -0.25) is 4.79 Å². The molecular formula is C24H21NO3. The lowest BCUT2D eigenvalue weighted by Gasteiger charge is -2.18. The second-order valence-corrected chi connectivity index (χ2v) is 7.08. The number of aliphatic carboxylic acids is 1. The molecule has 0 radical (unpaired) electrons. The zero-order valence-corrected chi connectivity index (χ0v) is 15.3. The zero-order chi connectivity index (χ0) is 19.5. The Bertz CT molecular complexity index is 968. The van der Waals surface area contributed by atoms with Crippen molar-refractivity contribution >= 4 is 11.9 Å². The Labute approximate surface area is 163 Å². The van der Waals surface area contributed by atoms with Crippen LogP contribution in [0, 0.1) is 0 Å². The first kappa shape index (κ1) is 18.0. The van der Waals surface area contributed by atoms with Gasteiger partial charge in [0.25, 0.3) is 0 Å². The Balaban J connectivity index is 1.52. The summed E-state index contributed by atoms with van der Waals surface area (Å²) in [5.41, 5.74) is 5.42. The molecule has 140 valence electrons. The van der Waals surface area contributed by atoms with Crippen LogP contribution < -0.4 is 5.32 Å². The van der Waals surface area contributed by atoms with Gasteiger partial charge in [0.1, 0.15) is 6.04 Å². The molecule has 0 spiro atoms. The van der Waals surface area contributed by atoms with Gasteiger partial charge in [0.05, 0.1) is 0 Å². The molecule has 4 heteroatoms. The highest BCUT2D eigenvalue weighted by Gasteiger charge is 2.30. The molecule has 0 fully saturated rings. The minimum Gasteiger partial charge on any atom is -0.480 e. The summed E-state index contributed by atoms with van der Waals surface area (Å²) in [6, 6.07) is 24.6. The fraction of sp³-hybridized carbons (Fsp3) is 0.167. The lowest BCUT2D eigenvalue weighted by atomic mass is 9.93. The van der Waals surface area contributed by atoms with Crippen molar-refractivity contribution in [1.29, 1.82) is 0 Å². The van der Waals surface area contributed by atoms with Gasteiger partial charge >= 0.3 is 5.97 Å². The molecular weight excluding hydrogens is 350 g/mol. The molecule has 3 aromatic rings. The third kappa shape index (κ3) is 3.54. The van der Waals surface area contributed by atoms with Crippen molar-refractivity contribution in [1.82, 2.24) is 5.32 Å². The van der Waals surface area contributed by atoms with Crippen LogP contribution in [0.15, 0.2) is 78.9 Å². The summed E-state index contributed by atoms with van der Waals surface area (Å²) in [7, 11) is 0. The van der Waals surface area contributed by atoms with E-state index in [4.69, 9.17) is 0 Å². The largest absolute Gasteiger partial charge is 0.480 e. The molecule has 4 nitrogen and oxygen atoms in total. The molecule has 1 atom stereocenters. The van der Waals surface area contributed by atoms with Crippen LogP contribution in [0.1, 0.15) is 29.0 Å². The summed E-state index contributed by atoms with van der Waals surface area (Å²) in [6.07, 6.45) is 0.492. The number of benzene rings is 3. The Kier molecular flexibility index (Phi) is 4.94. The number of carbonyl (C=O) groups excluding carboxylic acids is 1. The maximum atomic E-state index is 12.7. The van der Waals surface area contributed by atoms with E-state index in [-0.39, 0.29) is 24.7 Å². The van der Waals surface area contributed by atoms with E-state index in [9.17, 15) is 14.7 Å². The molecule has 0 unspecified atom stereocenters. The molecule has 0 bridgehead atoms. The summed E-state index contributed by atoms with van der Waals surface area (Å²) in [6.45, 7) is 0. The highest BCUT2D eigenvalue weighted by molar-refractivity contribution is 5.87. The van der Waals surface area contributed by atoms with Crippen LogP contribution >= 0.6 is 0 Å². The second-order valence-electron chi connectivity index (χ2n) is 7.08. The van der Waals surface area contributed by atoms with E-state index in [1.807, 2.05) is 66.7 Å². The molecule has 0 heterocycles. The van der Waals surface area contributed by atoms with Crippen molar-refractivity contribution in [2.24, 2.45) is 0 Å². The van der Waals surface area contributed by atoms with Gasteiger partial charge in [-0.2, -0.15) is 0 Å². The minimum atomic E-state index is -1.02. The van der Waals surface area contributed by atoms with Gasteiger partial charge in [0.15, 0.2) is 0 Å². The smallest absolute Gasteiger partial charge is 0.326 e. The summed E-state index contributed by atoms with van der Waals surface area (Å²) >= 11 is 0. The summed E-state index contributed by atoms with van der Waals surface area (Å²) in [4.78, 5) is 24.4. The average Bonchev–Trinajstić information content (AvgIpc) is 3.02. The highest BCUT2D eigenvalue weighted by atomic mass is 16.4. The molecule has 0 saturated carbocycles. The van der Waals surface area contributed by atoms with Gasteiger partial charge in [-0.05, 0) is 27.8 Å². The molecule has 0 saturated heterocycles. The van der Waals surface area contributed by atoms with E-state index in [0.29, 0.717) is 0 Å². The third-order valence-electron chi connectivity index (χ3n) is 5.27.